The molecule has 2 aromatic heterocycles. The van der Waals surface area contributed by atoms with Gasteiger partial charge in [0, 0.05) is 19.5 Å². The molecule has 4 rings (SSSR count). The first-order chi connectivity index (χ1) is 20.2. The monoisotopic (exact) mass is 630 g/mol. The SMILES string of the molecule is CC(C)[Si](=O)C(C)C.Cc1ccc(CC(Cc2ccc(-c3ccc(-c4ccc(C)s4)s3)cc2)C(C)(C)CCC(C)C)cc1. The van der Waals surface area contributed by atoms with E-state index in [-0.39, 0.29) is 0 Å². The van der Waals surface area contributed by atoms with Crippen LogP contribution in [0.5, 0.6) is 0 Å². The second kappa shape index (κ2) is 16.2. The van der Waals surface area contributed by atoms with Gasteiger partial charge in [-0.3, -0.25) is 0 Å². The second-order valence-electron chi connectivity index (χ2n) is 14.0. The molecule has 4 heteroatoms. The fourth-order valence-electron chi connectivity index (χ4n) is 5.45. The summed E-state index contributed by atoms with van der Waals surface area (Å²) in [7, 11) is -1.27. The van der Waals surface area contributed by atoms with Gasteiger partial charge in [0.25, 0.3) is 8.68 Å². The molecule has 0 saturated heterocycles. The molecule has 0 aliphatic heterocycles. The van der Waals surface area contributed by atoms with Gasteiger partial charge in [0.2, 0.25) is 0 Å². The Kier molecular flexibility index (Phi) is 13.4. The van der Waals surface area contributed by atoms with Gasteiger partial charge >= 0.3 is 0 Å². The smallest absolute Gasteiger partial charge is 0.281 e. The van der Waals surface area contributed by atoms with Crippen LogP contribution < -0.4 is 0 Å². The van der Waals surface area contributed by atoms with E-state index in [1.54, 1.807) is 0 Å². The molecule has 0 bridgehead atoms. The van der Waals surface area contributed by atoms with Crippen LogP contribution in [0.3, 0.4) is 0 Å². The summed E-state index contributed by atoms with van der Waals surface area (Å²) < 4.78 is 11.0. The summed E-state index contributed by atoms with van der Waals surface area (Å²) in [6, 6.07) is 27.6. The number of hydrogen-bond donors (Lipinski definition) is 0. The summed E-state index contributed by atoms with van der Waals surface area (Å²) in [5.41, 5.74) is 6.66. The molecule has 0 saturated carbocycles. The topological polar surface area (TPSA) is 17.1 Å². The van der Waals surface area contributed by atoms with E-state index in [4.69, 9.17) is 0 Å². The van der Waals surface area contributed by atoms with E-state index < -0.39 is 8.68 Å². The minimum atomic E-state index is -1.27. The minimum absolute atomic E-state index is 0.301. The Morgan fingerprint density at radius 3 is 1.60 bits per heavy atom. The van der Waals surface area contributed by atoms with E-state index in [1.165, 1.54) is 54.6 Å². The van der Waals surface area contributed by atoms with Crippen LogP contribution in [0.25, 0.3) is 20.2 Å². The fraction of sp³-hybridized carbons (Fsp3) is 0.487. The Balaban J connectivity index is 0.000000557. The van der Waals surface area contributed by atoms with Crippen molar-refractivity contribution in [2.45, 2.75) is 106 Å². The van der Waals surface area contributed by atoms with Crippen molar-refractivity contribution < 1.29 is 4.46 Å². The summed E-state index contributed by atoms with van der Waals surface area (Å²) in [5.74, 6) is 1.37. The van der Waals surface area contributed by atoms with E-state index >= 15 is 0 Å². The zero-order valence-electron chi connectivity index (χ0n) is 28.3. The Hall–Kier alpha value is -2.14. The largest absolute Gasteiger partial charge is 0.388 e. The van der Waals surface area contributed by atoms with Gasteiger partial charge in [-0.05, 0) is 102 Å². The van der Waals surface area contributed by atoms with Gasteiger partial charge in [-0.2, -0.15) is 0 Å². The molecule has 0 aliphatic carbocycles. The summed E-state index contributed by atoms with van der Waals surface area (Å²) in [4.78, 5) is 5.46. The summed E-state index contributed by atoms with van der Waals surface area (Å²) in [5, 5.41) is 0. The van der Waals surface area contributed by atoms with Crippen molar-refractivity contribution in [3.63, 3.8) is 0 Å². The van der Waals surface area contributed by atoms with Gasteiger partial charge in [-0.15, -0.1) is 22.7 Å². The van der Waals surface area contributed by atoms with Crippen molar-refractivity contribution in [2.24, 2.45) is 17.3 Å². The highest BCUT2D eigenvalue weighted by molar-refractivity contribution is 7.23. The van der Waals surface area contributed by atoms with Gasteiger partial charge in [-0.25, -0.2) is 0 Å². The van der Waals surface area contributed by atoms with Crippen LogP contribution in [0.4, 0.5) is 0 Å². The van der Waals surface area contributed by atoms with Crippen molar-refractivity contribution in [3.8, 4) is 20.2 Å². The Morgan fingerprint density at radius 2 is 1.14 bits per heavy atom. The van der Waals surface area contributed by atoms with Crippen molar-refractivity contribution in [3.05, 3.63) is 94.4 Å². The second-order valence-corrected chi connectivity index (χ2v) is 19.5. The zero-order chi connectivity index (χ0) is 31.7. The van der Waals surface area contributed by atoms with Crippen molar-refractivity contribution in [1.29, 1.82) is 0 Å². The first-order valence-electron chi connectivity index (χ1n) is 16.1. The van der Waals surface area contributed by atoms with Crippen LogP contribution in [0.1, 0.15) is 89.8 Å². The average Bonchev–Trinajstić information content (AvgIpc) is 3.62. The third-order valence-corrected chi connectivity index (χ3v) is 13.1. The highest BCUT2D eigenvalue weighted by Gasteiger charge is 2.30. The summed E-state index contributed by atoms with van der Waals surface area (Å²) in [6.45, 7) is 22.1. The number of benzene rings is 2. The normalized spacial score (nSPS) is 12.5. The lowest BCUT2D eigenvalue weighted by Gasteiger charge is -2.36. The number of hydrogen-bond acceptors (Lipinski definition) is 3. The zero-order valence-corrected chi connectivity index (χ0v) is 30.9. The Bertz CT molecular complexity index is 1390. The summed E-state index contributed by atoms with van der Waals surface area (Å²) in [6.07, 6.45) is 4.84. The first-order valence-corrected chi connectivity index (χ1v) is 19.3. The van der Waals surface area contributed by atoms with E-state index in [9.17, 15) is 4.46 Å². The Labute approximate surface area is 272 Å². The molecular formula is C39H54OS2Si. The molecule has 2 aromatic carbocycles. The molecule has 4 aromatic rings. The quantitative estimate of drug-likeness (QED) is 0.142. The van der Waals surface area contributed by atoms with Crippen LogP contribution >= 0.6 is 22.7 Å². The van der Waals surface area contributed by atoms with Gasteiger partial charge in [-0.1, -0.05) is 116 Å². The summed E-state index contributed by atoms with van der Waals surface area (Å²) >= 11 is 3.78. The van der Waals surface area contributed by atoms with Gasteiger partial charge in [0.15, 0.2) is 0 Å². The Morgan fingerprint density at radius 1 is 0.651 bits per heavy atom. The highest BCUT2D eigenvalue weighted by Crippen LogP contribution is 2.40. The third kappa shape index (κ3) is 11.1. The molecule has 43 heavy (non-hydrogen) atoms. The van der Waals surface area contributed by atoms with Crippen LogP contribution in [-0.2, 0) is 17.3 Å². The lowest BCUT2D eigenvalue weighted by atomic mass is 9.69. The molecule has 1 unspecified atom stereocenters. The van der Waals surface area contributed by atoms with Crippen LogP contribution in [-0.4, -0.2) is 8.68 Å². The molecule has 2 heterocycles. The molecule has 232 valence electrons. The highest BCUT2D eigenvalue weighted by atomic mass is 32.1. The molecule has 0 amide bonds. The van der Waals surface area contributed by atoms with Gasteiger partial charge in [0.1, 0.15) is 0 Å². The molecule has 0 aliphatic rings. The molecule has 1 atom stereocenters. The molecule has 1 nitrogen and oxygen atoms in total. The average molecular weight is 631 g/mol. The van der Waals surface area contributed by atoms with Crippen LogP contribution in [0.15, 0.2) is 72.8 Å². The molecule has 0 spiro atoms. The molecule has 0 radical (unpaired) electrons. The van der Waals surface area contributed by atoms with Crippen LogP contribution in [0, 0.1) is 31.1 Å². The maximum absolute atomic E-state index is 11.0. The van der Waals surface area contributed by atoms with E-state index in [2.05, 4.69) is 114 Å². The van der Waals surface area contributed by atoms with Gasteiger partial charge in [0.05, 0.1) is 0 Å². The van der Waals surface area contributed by atoms with Gasteiger partial charge < -0.3 is 4.46 Å². The van der Waals surface area contributed by atoms with E-state index in [1.807, 2.05) is 50.4 Å². The third-order valence-electron chi connectivity index (χ3n) is 8.52. The van der Waals surface area contributed by atoms with Crippen molar-refractivity contribution in [2.75, 3.05) is 0 Å². The maximum atomic E-state index is 11.0. The molecule has 0 fully saturated rings. The predicted octanol–water partition coefficient (Wildman–Crippen LogP) is 12.9. The number of aryl methyl sites for hydroxylation is 2. The van der Waals surface area contributed by atoms with E-state index in [0.29, 0.717) is 22.4 Å². The minimum Gasteiger partial charge on any atom is -0.388 e. The first kappa shape index (κ1) is 35.3. The van der Waals surface area contributed by atoms with Crippen molar-refractivity contribution in [1.82, 2.24) is 0 Å². The fourth-order valence-corrected chi connectivity index (χ4v) is 8.75. The lowest BCUT2D eigenvalue weighted by Crippen LogP contribution is -2.28. The van der Waals surface area contributed by atoms with Crippen LogP contribution in [0.2, 0.25) is 11.1 Å². The number of rotatable bonds is 12. The standard InChI is InChI=1S/C33H40S2.C6H14OSi/c1-23(2)19-20-33(5,6)29(21-26-10-7-24(3)8-11-26)22-27-12-14-28(15-13-27)30-17-18-32(35-30)31-16-9-25(4)34-31;1-5(2)8(7)6(3)4/h7-18,23,29H,19-22H2,1-6H3;5-6H,1-4H3. The maximum Gasteiger partial charge on any atom is 0.281 e. The molecular weight excluding hydrogens is 577 g/mol. The molecule has 0 N–H and O–H groups in total. The van der Waals surface area contributed by atoms with Crippen molar-refractivity contribution >= 4 is 31.4 Å². The lowest BCUT2D eigenvalue weighted by molar-refractivity contribution is 0.179. The number of thiophene rings is 2. The predicted molar refractivity (Wildman–Crippen MR) is 194 cm³/mol. The van der Waals surface area contributed by atoms with E-state index in [0.717, 1.165) is 18.8 Å².